The molecule has 0 amide bonds. The van der Waals surface area contributed by atoms with Crippen LogP contribution < -0.4 is 14.2 Å². The number of esters is 1. The highest BCUT2D eigenvalue weighted by Gasteiger charge is 2.20. The van der Waals surface area contributed by atoms with Crippen molar-refractivity contribution in [1.29, 1.82) is 5.26 Å². The van der Waals surface area contributed by atoms with Crippen LogP contribution in [0.25, 0.3) is 22.4 Å². The van der Waals surface area contributed by atoms with Gasteiger partial charge in [-0.15, -0.1) is 0 Å². The predicted octanol–water partition coefficient (Wildman–Crippen LogP) is 4.58. The van der Waals surface area contributed by atoms with Crippen molar-refractivity contribution in [3.63, 3.8) is 0 Å². The second-order valence-electron chi connectivity index (χ2n) is 6.49. The molecule has 0 aliphatic carbocycles. The Labute approximate surface area is 190 Å². The predicted molar refractivity (Wildman–Crippen MR) is 122 cm³/mol. The standard InChI is InChI=1S/C24H22N2O5S/c1-28-20-10-16(11-21(29-2)23(20)31-4)17-12-19(15-8-6-5-7-9-15)26-24(18(17)13-25)32-14-22(27)30-3/h5-12H,14H2,1-4H3. The van der Waals surface area contributed by atoms with Gasteiger partial charge in [-0.05, 0) is 23.8 Å². The number of carbonyl (C=O) groups excluding carboxylic acids is 1. The maximum absolute atomic E-state index is 11.7. The van der Waals surface area contributed by atoms with Gasteiger partial charge in [0.05, 0.1) is 45.4 Å². The molecule has 0 aliphatic heterocycles. The number of rotatable bonds is 8. The van der Waals surface area contributed by atoms with Crippen LogP contribution in [0.2, 0.25) is 0 Å². The van der Waals surface area contributed by atoms with E-state index in [1.807, 2.05) is 36.4 Å². The molecular weight excluding hydrogens is 428 g/mol. The van der Waals surface area contributed by atoms with Crippen LogP contribution >= 0.6 is 11.8 Å². The van der Waals surface area contributed by atoms with E-state index in [-0.39, 0.29) is 5.75 Å². The first-order chi connectivity index (χ1) is 15.6. The van der Waals surface area contributed by atoms with Crippen LogP contribution in [-0.2, 0) is 9.53 Å². The molecule has 0 atom stereocenters. The number of thioether (sulfide) groups is 1. The second kappa shape index (κ2) is 10.6. The zero-order chi connectivity index (χ0) is 23.1. The molecule has 0 fully saturated rings. The zero-order valence-corrected chi connectivity index (χ0v) is 19.0. The summed E-state index contributed by atoms with van der Waals surface area (Å²) in [6.45, 7) is 0. The van der Waals surface area contributed by atoms with E-state index in [1.165, 1.54) is 28.4 Å². The van der Waals surface area contributed by atoms with Crippen molar-refractivity contribution in [3.8, 4) is 45.7 Å². The molecule has 3 rings (SSSR count). The van der Waals surface area contributed by atoms with Gasteiger partial charge in [-0.3, -0.25) is 4.79 Å². The Morgan fingerprint density at radius 2 is 1.62 bits per heavy atom. The fraction of sp³-hybridized carbons (Fsp3) is 0.208. The number of hydrogen-bond donors (Lipinski definition) is 0. The summed E-state index contributed by atoms with van der Waals surface area (Å²) in [6, 6.07) is 17.2. The molecule has 0 unspecified atom stereocenters. The summed E-state index contributed by atoms with van der Waals surface area (Å²) >= 11 is 1.15. The Morgan fingerprint density at radius 1 is 0.969 bits per heavy atom. The third kappa shape index (κ3) is 4.79. The number of aromatic nitrogens is 1. The molecule has 0 saturated carbocycles. The molecule has 32 heavy (non-hydrogen) atoms. The van der Waals surface area contributed by atoms with Crippen LogP contribution in [0.3, 0.4) is 0 Å². The van der Waals surface area contributed by atoms with Crippen LogP contribution in [0.15, 0.2) is 53.6 Å². The maximum Gasteiger partial charge on any atom is 0.316 e. The highest BCUT2D eigenvalue weighted by atomic mass is 32.2. The van der Waals surface area contributed by atoms with E-state index in [2.05, 4.69) is 11.1 Å². The van der Waals surface area contributed by atoms with Gasteiger partial charge in [-0.25, -0.2) is 4.98 Å². The lowest BCUT2D eigenvalue weighted by molar-refractivity contribution is -0.137. The summed E-state index contributed by atoms with van der Waals surface area (Å²) in [5.41, 5.74) is 3.21. The van der Waals surface area contributed by atoms with Gasteiger partial charge in [0.25, 0.3) is 0 Å². The first kappa shape index (κ1) is 23.0. The normalized spacial score (nSPS) is 10.2. The van der Waals surface area contributed by atoms with Crippen molar-refractivity contribution in [1.82, 2.24) is 4.98 Å². The lowest BCUT2D eigenvalue weighted by Gasteiger charge is -2.16. The average molecular weight is 451 g/mol. The van der Waals surface area contributed by atoms with Gasteiger partial charge in [0.2, 0.25) is 5.75 Å². The summed E-state index contributed by atoms with van der Waals surface area (Å²) in [6.07, 6.45) is 0. The number of nitrogens with zero attached hydrogens (tertiary/aromatic N) is 2. The smallest absolute Gasteiger partial charge is 0.316 e. The van der Waals surface area contributed by atoms with Crippen molar-refractivity contribution in [2.75, 3.05) is 34.2 Å². The van der Waals surface area contributed by atoms with Gasteiger partial charge in [-0.2, -0.15) is 5.26 Å². The lowest BCUT2D eigenvalue weighted by atomic mass is 9.98. The Morgan fingerprint density at radius 3 is 2.16 bits per heavy atom. The van der Waals surface area contributed by atoms with E-state index in [4.69, 9.17) is 18.9 Å². The van der Waals surface area contributed by atoms with Crippen molar-refractivity contribution >= 4 is 17.7 Å². The second-order valence-corrected chi connectivity index (χ2v) is 7.46. The summed E-state index contributed by atoms with van der Waals surface area (Å²) in [7, 11) is 5.92. The molecule has 1 aromatic heterocycles. The molecule has 2 aromatic carbocycles. The van der Waals surface area contributed by atoms with Crippen molar-refractivity contribution < 1.29 is 23.7 Å². The van der Waals surface area contributed by atoms with Gasteiger partial charge in [-0.1, -0.05) is 42.1 Å². The highest BCUT2D eigenvalue weighted by Crippen LogP contribution is 2.43. The van der Waals surface area contributed by atoms with Crippen LogP contribution in [-0.4, -0.2) is 45.1 Å². The number of benzene rings is 2. The minimum absolute atomic E-state index is 0.0329. The Kier molecular flexibility index (Phi) is 7.58. The minimum Gasteiger partial charge on any atom is -0.493 e. The van der Waals surface area contributed by atoms with Gasteiger partial charge >= 0.3 is 5.97 Å². The first-order valence-electron chi connectivity index (χ1n) is 9.56. The van der Waals surface area contributed by atoms with E-state index in [0.717, 1.165) is 17.3 Å². The highest BCUT2D eigenvalue weighted by molar-refractivity contribution is 7.99. The van der Waals surface area contributed by atoms with Gasteiger partial charge in [0.15, 0.2) is 11.5 Å². The van der Waals surface area contributed by atoms with Crippen molar-refractivity contribution in [2.24, 2.45) is 0 Å². The number of pyridine rings is 1. The van der Waals surface area contributed by atoms with Crippen LogP contribution in [0.4, 0.5) is 0 Å². The van der Waals surface area contributed by atoms with E-state index in [9.17, 15) is 10.1 Å². The molecule has 3 aromatic rings. The van der Waals surface area contributed by atoms with Gasteiger partial charge in [0.1, 0.15) is 11.1 Å². The molecule has 8 heteroatoms. The monoisotopic (exact) mass is 450 g/mol. The summed E-state index contributed by atoms with van der Waals surface area (Å²) in [4.78, 5) is 16.4. The molecule has 0 bridgehead atoms. The van der Waals surface area contributed by atoms with Crippen molar-refractivity contribution in [3.05, 3.63) is 54.1 Å². The van der Waals surface area contributed by atoms with Crippen molar-refractivity contribution in [2.45, 2.75) is 5.03 Å². The fourth-order valence-electron chi connectivity index (χ4n) is 3.14. The van der Waals surface area contributed by atoms with E-state index >= 15 is 0 Å². The molecule has 0 aliphatic rings. The molecule has 0 saturated heterocycles. The van der Waals surface area contributed by atoms with Crippen LogP contribution in [0, 0.1) is 11.3 Å². The third-order valence-corrected chi connectivity index (χ3v) is 5.65. The molecule has 0 N–H and O–H groups in total. The number of carbonyl (C=O) groups is 1. The number of ether oxygens (including phenoxy) is 4. The quantitative estimate of drug-likeness (QED) is 0.364. The first-order valence-corrected chi connectivity index (χ1v) is 10.5. The Hall–Kier alpha value is -3.70. The minimum atomic E-state index is -0.403. The molecular formula is C24H22N2O5S. The van der Waals surface area contributed by atoms with E-state index in [0.29, 0.717) is 44.7 Å². The molecule has 0 spiro atoms. The molecule has 7 nitrogen and oxygen atoms in total. The van der Waals surface area contributed by atoms with Gasteiger partial charge in [0, 0.05) is 11.1 Å². The van der Waals surface area contributed by atoms with E-state index < -0.39 is 5.97 Å². The van der Waals surface area contributed by atoms with Gasteiger partial charge < -0.3 is 18.9 Å². The topological polar surface area (TPSA) is 90.7 Å². The Balaban J connectivity index is 2.26. The number of methoxy groups -OCH3 is 4. The Bertz CT molecular complexity index is 1130. The molecule has 0 radical (unpaired) electrons. The van der Waals surface area contributed by atoms with Crippen LogP contribution in [0.1, 0.15) is 5.56 Å². The summed E-state index contributed by atoms with van der Waals surface area (Å²) in [5.74, 6) is 1.01. The number of hydrogen-bond acceptors (Lipinski definition) is 8. The fourth-order valence-corrected chi connectivity index (χ4v) is 3.98. The van der Waals surface area contributed by atoms with Crippen LogP contribution in [0.5, 0.6) is 17.2 Å². The number of nitriles is 1. The lowest BCUT2D eigenvalue weighted by Crippen LogP contribution is -2.05. The summed E-state index contributed by atoms with van der Waals surface area (Å²) < 4.78 is 21.1. The zero-order valence-electron chi connectivity index (χ0n) is 18.2. The summed E-state index contributed by atoms with van der Waals surface area (Å²) in [5, 5.41) is 10.4. The largest absolute Gasteiger partial charge is 0.493 e. The molecule has 164 valence electrons. The SMILES string of the molecule is COC(=O)CSc1nc(-c2ccccc2)cc(-c2cc(OC)c(OC)c(OC)c2)c1C#N. The molecule has 1 heterocycles. The average Bonchev–Trinajstić information content (AvgIpc) is 2.85. The third-order valence-electron chi connectivity index (χ3n) is 4.70. The van der Waals surface area contributed by atoms with E-state index in [1.54, 1.807) is 12.1 Å². The maximum atomic E-state index is 11.7.